The molecule has 10 heteroatoms. The number of hydrogen-bond acceptors (Lipinski definition) is 7. The molecule has 2 amide bonds. The summed E-state index contributed by atoms with van der Waals surface area (Å²) in [6, 6.07) is 8.88. The van der Waals surface area contributed by atoms with Crippen LogP contribution in [0.5, 0.6) is 0 Å². The average molecular weight is 488 g/mol. The first-order valence-corrected chi connectivity index (χ1v) is 12.3. The summed E-state index contributed by atoms with van der Waals surface area (Å²) in [5.41, 5.74) is 3.07. The van der Waals surface area contributed by atoms with Gasteiger partial charge in [0.2, 0.25) is 5.95 Å². The molecule has 1 fully saturated rings. The molecule has 1 atom stereocenters. The van der Waals surface area contributed by atoms with E-state index in [1.54, 1.807) is 37.7 Å². The molecule has 0 radical (unpaired) electrons. The number of likely N-dealkylation sites (tertiary alicyclic amines) is 1. The second-order valence-electron chi connectivity index (χ2n) is 8.95. The largest absolute Gasteiger partial charge is 0.385 e. The van der Waals surface area contributed by atoms with Gasteiger partial charge in [-0.1, -0.05) is 12.1 Å². The van der Waals surface area contributed by atoms with Crippen molar-refractivity contribution >= 4 is 28.9 Å². The summed E-state index contributed by atoms with van der Waals surface area (Å²) < 4.78 is 7.07. The number of ether oxygens (including phenoxy) is 1. The summed E-state index contributed by atoms with van der Waals surface area (Å²) in [4.78, 5) is 37.3. The van der Waals surface area contributed by atoms with Crippen LogP contribution in [0, 0.1) is 0 Å². The minimum absolute atomic E-state index is 0.0291. The van der Waals surface area contributed by atoms with Gasteiger partial charge in [-0.05, 0) is 55.5 Å². The maximum Gasteiger partial charge on any atom is 0.257 e. The quantitative estimate of drug-likeness (QED) is 0.474. The molecule has 36 heavy (non-hydrogen) atoms. The first-order valence-electron chi connectivity index (χ1n) is 12.3. The van der Waals surface area contributed by atoms with E-state index >= 15 is 0 Å². The maximum atomic E-state index is 13.2. The van der Waals surface area contributed by atoms with Crippen LogP contribution in [-0.4, -0.2) is 58.1 Å². The Hall–Kier alpha value is -3.92. The fourth-order valence-corrected chi connectivity index (χ4v) is 4.57. The number of benzene rings is 1. The van der Waals surface area contributed by atoms with Gasteiger partial charge in [0.1, 0.15) is 11.6 Å². The maximum absolute atomic E-state index is 13.2. The lowest BCUT2D eigenvalue weighted by atomic mass is 10.0. The first-order chi connectivity index (χ1) is 17.6. The molecule has 0 bridgehead atoms. The Labute approximate surface area is 209 Å². The molecule has 0 aliphatic carbocycles. The smallest absolute Gasteiger partial charge is 0.257 e. The number of nitrogens with one attached hydrogen (secondary N) is 1. The fourth-order valence-electron chi connectivity index (χ4n) is 4.57. The molecule has 0 spiro atoms. The number of aromatic nitrogens is 3. The number of hydrogen-bond donors (Lipinski definition) is 1. The molecular formula is C26H29N7O3. The predicted molar refractivity (Wildman–Crippen MR) is 135 cm³/mol. The third-order valence-corrected chi connectivity index (χ3v) is 6.45. The van der Waals surface area contributed by atoms with Gasteiger partial charge in [-0.25, -0.2) is 9.97 Å². The number of rotatable bonds is 8. The number of pyridine rings is 1. The number of piperidine rings is 1. The number of nitrogens with zero attached hydrogens (tertiary/aromatic N) is 6. The number of anilines is 1. The highest BCUT2D eigenvalue weighted by atomic mass is 16.5. The standard InChI is InChI=1S/C26H29N7O3/c1-36-14-6-13-33-23-22(16-20(17-27-23)25(35)32-11-3-2-4-12-32)29-26(33)30-24(34)19-8-5-7-18(15-19)21-9-10-28-31-21/h5,7-10,15-17,21H,2-4,6,11-14H2,1H3,(H,29,30,34). The van der Waals surface area contributed by atoms with Crippen LogP contribution in [0.25, 0.3) is 11.2 Å². The molecule has 1 saturated heterocycles. The molecule has 4 heterocycles. The lowest BCUT2D eigenvalue weighted by molar-refractivity contribution is 0.0724. The van der Waals surface area contributed by atoms with E-state index < -0.39 is 0 Å². The molecule has 5 rings (SSSR count). The number of methoxy groups -OCH3 is 1. The van der Waals surface area contributed by atoms with Crippen LogP contribution in [0.2, 0.25) is 0 Å². The SMILES string of the molecule is COCCCn1c(NC(=O)c2cccc(C3C=CN=N3)c2)nc2cc(C(=O)N3CCCCC3)cnc21. The fraction of sp³-hybridized carbons (Fsp3) is 0.385. The van der Waals surface area contributed by atoms with Gasteiger partial charge in [0.25, 0.3) is 11.8 Å². The highest BCUT2D eigenvalue weighted by molar-refractivity contribution is 6.04. The van der Waals surface area contributed by atoms with Gasteiger partial charge < -0.3 is 9.64 Å². The molecule has 2 aromatic heterocycles. The van der Waals surface area contributed by atoms with E-state index in [0.717, 1.165) is 44.3 Å². The summed E-state index contributed by atoms with van der Waals surface area (Å²) in [5.74, 6) is 0.0641. The molecule has 1 unspecified atom stereocenters. The second-order valence-corrected chi connectivity index (χ2v) is 8.95. The Morgan fingerprint density at radius 3 is 2.78 bits per heavy atom. The Morgan fingerprint density at radius 2 is 2.00 bits per heavy atom. The molecule has 2 aliphatic rings. The monoisotopic (exact) mass is 487 g/mol. The van der Waals surface area contributed by atoms with E-state index in [1.807, 2.05) is 27.7 Å². The van der Waals surface area contributed by atoms with Gasteiger partial charge in [0.15, 0.2) is 5.65 Å². The first kappa shape index (κ1) is 23.8. The van der Waals surface area contributed by atoms with E-state index in [9.17, 15) is 9.59 Å². The zero-order valence-electron chi connectivity index (χ0n) is 20.3. The molecular weight excluding hydrogens is 458 g/mol. The van der Waals surface area contributed by atoms with E-state index in [1.165, 1.54) is 0 Å². The normalized spacial score (nSPS) is 17.1. The van der Waals surface area contributed by atoms with Crippen LogP contribution in [0.15, 0.2) is 59.0 Å². The Bertz CT molecular complexity index is 1310. The second kappa shape index (κ2) is 10.8. The van der Waals surface area contributed by atoms with Gasteiger partial charge >= 0.3 is 0 Å². The topological polar surface area (TPSA) is 114 Å². The van der Waals surface area contributed by atoms with E-state index in [4.69, 9.17) is 4.74 Å². The molecule has 0 saturated carbocycles. The molecule has 2 aliphatic heterocycles. The Morgan fingerprint density at radius 1 is 1.14 bits per heavy atom. The number of imidazole rings is 1. The van der Waals surface area contributed by atoms with Crippen LogP contribution < -0.4 is 5.32 Å². The summed E-state index contributed by atoms with van der Waals surface area (Å²) in [5, 5.41) is 11.0. The van der Waals surface area contributed by atoms with E-state index in [-0.39, 0.29) is 17.9 Å². The molecule has 1 aromatic carbocycles. The van der Waals surface area contributed by atoms with Gasteiger partial charge in [-0.3, -0.25) is 19.5 Å². The Balaban J connectivity index is 1.42. The molecule has 10 nitrogen and oxygen atoms in total. The van der Waals surface area contributed by atoms with Crippen molar-refractivity contribution in [2.45, 2.75) is 38.3 Å². The highest BCUT2D eigenvalue weighted by Crippen LogP contribution is 2.25. The third-order valence-electron chi connectivity index (χ3n) is 6.45. The summed E-state index contributed by atoms with van der Waals surface area (Å²) in [6.07, 6.45) is 9.04. The van der Waals surface area contributed by atoms with Crippen molar-refractivity contribution in [3.05, 3.63) is 65.5 Å². The number of amides is 2. The van der Waals surface area contributed by atoms with Crippen LogP contribution in [-0.2, 0) is 11.3 Å². The van der Waals surface area contributed by atoms with Crippen molar-refractivity contribution in [1.29, 1.82) is 0 Å². The van der Waals surface area contributed by atoms with Gasteiger partial charge in [0.05, 0.1) is 5.56 Å². The van der Waals surface area contributed by atoms with Gasteiger partial charge in [-0.15, -0.1) is 0 Å². The van der Waals surface area contributed by atoms with Crippen LogP contribution in [0.1, 0.15) is 58.0 Å². The number of azo groups is 1. The Kier molecular flexibility index (Phi) is 7.13. The lowest BCUT2D eigenvalue weighted by Crippen LogP contribution is -2.35. The summed E-state index contributed by atoms with van der Waals surface area (Å²) in [7, 11) is 1.65. The van der Waals surface area contributed by atoms with Crippen molar-refractivity contribution < 1.29 is 14.3 Å². The van der Waals surface area contributed by atoms with E-state index in [2.05, 4.69) is 25.5 Å². The number of aryl methyl sites for hydroxylation is 1. The van der Waals surface area contributed by atoms with Crippen molar-refractivity contribution in [1.82, 2.24) is 19.4 Å². The van der Waals surface area contributed by atoms with Crippen molar-refractivity contribution in [3.63, 3.8) is 0 Å². The van der Waals surface area contributed by atoms with Crippen LogP contribution >= 0.6 is 0 Å². The average Bonchev–Trinajstić information content (AvgIpc) is 3.57. The lowest BCUT2D eigenvalue weighted by Gasteiger charge is -2.26. The van der Waals surface area contributed by atoms with Crippen LogP contribution in [0.4, 0.5) is 5.95 Å². The highest BCUT2D eigenvalue weighted by Gasteiger charge is 2.22. The number of carbonyl (C=O) groups excluding carboxylic acids is 2. The minimum Gasteiger partial charge on any atom is -0.385 e. The van der Waals surface area contributed by atoms with E-state index in [0.29, 0.717) is 41.4 Å². The minimum atomic E-state index is -0.288. The predicted octanol–water partition coefficient (Wildman–Crippen LogP) is 4.37. The number of carbonyl (C=O) groups is 2. The zero-order valence-corrected chi connectivity index (χ0v) is 20.3. The number of fused-ring (bicyclic) bond motifs is 1. The summed E-state index contributed by atoms with van der Waals surface area (Å²) >= 11 is 0. The van der Waals surface area contributed by atoms with Gasteiger partial charge in [0, 0.05) is 51.3 Å². The van der Waals surface area contributed by atoms with Crippen molar-refractivity contribution in [3.8, 4) is 0 Å². The zero-order chi connectivity index (χ0) is 24.9. The molecule has 186 valence electrons. The van der Waals surface area contributed by atoms with Crippen molar-refractivity contribution in [2.24, 2.45) is 10.2 Å². The third kappa shape index (κ3) is 5.03. The summed E-state index contributed by atoms with van der Waals surface area (Å²) in [6.45, 7) is 2.64. The molecule has 3 aromatic rings. The molecule has 1 N–H and O–H groups in total. The van der Waals surface area contributed by atoms with Gasteiger partial charge in [-0.2, -0.15) is 10.2 Å². The van der Waals surface area contributed by atoms with Crippen LogP contribution in [0.3, 0.4) is 0 Å². The van der Waals surface area contributed by atoms with Crippen molar-refractivity contribution in [2.75, 3.05) is 32.1 Å².